The normalized spacial score (nSPS) is 16.9. The Hall–Kier alpha value is -1.63. The summed E-state index contributed by atoms with van der Waals surface area (Å²) in [5, 5.41) is 6.67. The summed E-state index contributed by atoms with van der Waals surface area (Å²) >= 11 is 7.68. The van der Waals surface area contributed by atoms with Gasteiger partial charge in [0.1, 0.15) is 0 Å². The molecule has 1 fully saturated rings. The van der Waals surface area contributed by atoms with Gasteiger partial charge in [0.25, 0.3) is 0 Å². The van der Waals surface area contributed by atoms with Crippen LogP contribution in [0.15, 0.2) is 29.8 Å². The van der Waals surface area contributed by atoms with Gasteiger partial charge in [-0.1, -0.05) is 17.7 Å². The molecule has 0 saturated carbocycles. The highest BCUT2D eigenvalue weighted by molar-refractivity contribution is 7.13. The van der Waals surface area contributed by atoms with E-state index in [0.29, 0.717) is 5.02 Å². The summed E-state index contributed by atoms with van der Waals surface area (Å²) in [6, 6.07) is 5.35. The fourth-order valence-corrected chi connectivity index (χ4v) is 3.67. The number of aromatic nitrogens is 1. The number of rotatable bonds is 4. The van der Waals surface area contributed by atoms with Crippen LogP contribution in [0, 0.1) is 6.92 Å². The van der Waals surface area contributed by atoms with Gasteiger partial charge in [0, 0.05) is 48.5 Å². The van der Waals surface area contributed by atoms with Crippen molar-refractivity contribution in [1.29, 1.82) is 0 Å². The van der Waals surface area contributed by atoms with Crippen molar-refractivity contribution in [3.8, 4) is 0 Å². The molecule has 1 atom stereocenters. The molecule has 1 amide bonds. The van der Waals surface area contributed by atoms with Crippen LogP contribution in [0.25, 0.3) is 0 Å². The number of nitrogens with one attached hydrogen (secondary N) is 1. The van der Waals surface area contributed by atoms with Crippen LogP contribution in [0.1, 0.15) is 12.5 Å². The molecule has 0 radical (unpaired) electrons. The van der Waals surface area contributed by atoms with Crippen molar-refractivity contribution in [3.05, 3.63) is 40.4 Å². The monoisotopic (exact) mass is 364 g/mol. The van der Waals surface area contributed by atoms with Gasteiger partial charge < -0.3 is 10.2 Å². The maximum Gasteiger partial charge on any atom is 0.241 e. The lowest BCUT2D eigenvalue weighted by Gasteiger charge is -2.37. The van der Waals surface area contributed by atoms with E-state index in [1.807, 2.05) is 37.6 Å². The Bertz CT molecular complexity index is 699. The lowest BCUT2D eigenvalue weighted by atomic mass is 10.1. The van der Waals surface area contributed by atoms with E-state index in [0.717, 1.165) is 42.6 Å². The van der Waals surface area contributed by atoms with Gasteiger partial charge in [0.05, 0.1) is 6.04 Å². The lowest BCUT2D eigenvalue weighted by Crippen LogP contribution is -2.52. The number of hydrogen-bond donors (Lipinski definition) is 1. The van der Waals surface area contributed by atoms with Gasteiger partial charge in [0.2, 0.25) is 5.91 Å². The molecule has 2 aromatic rings. The van der Waals surface area contributed by atoms with Crippen molar-refractivity contribution in [2.24, 2.45) is 0 Å². The highest BCUT2D eigenvalue weighted by Gasteiger charge is 2.26. The van der Waals surface area contributed by atoms with Crippen LogP contribution >= 0.6 is 22.9 Å². The number of benzene rings is 1. The van der Waals surface area contributed by atoms with E-state index in [9.17, 15) is 4.79 Å². The van der Waals surface area contributed by atoms with Gasteiger partial charge in [0.15, 0.2) is 5.13 Å². The number of carbonyl (C=O) groups excluding carboxylic acids is 1. The average molecular weight is 365 g/mol. The van der Waals surface area contributed by atoms with Crippen LogP contribution in [0.5, 0.6) is 0 Å². The zero-order valence-electron chi connectivity index (χ0n) is 13.8. The van der Waals surface area contributed by atoms with Crippen molar-refractivity contribution in [1.82, 2.24) is 9.88 Å². The van der Waals surface area contributed by atoms with E-state index in [1.54, 1.807) is 17.4 Å². The Morgan fingerprint density at radius 1 is 1.33 bits per heavy atom. The summed E-state index contributed by atoms with van der Waals surface area (Å²) in [5.41, 5.74) is 1.79. The zero-order valence-corrected chi connectivity index (χ0v) is 15.4. The smallest absolute Gasteiger partial charge is 0.241 e. The number of carbonyl (C=O) groups is 1. The topological polar surface area (TPSA) is 48.5 Å². The third-order valence-corrected chi connectivity index (χ3v) is 5.46. The molecule has 128 valence electrons. The Morgan fingerprint density at radius 3 is 2.75 bits per heavy atom. The second-order valence-corrected chi connectivity index (χ2v) is 7.27. The van der Waals surface area contributed by atoms with Crippen molar-refractivity contribution < 1.29 is 4.79 Å². The number of piperazine rings is 1. The molecule has 1 saturated heterocycles. The number of thiazole rings is 1. The first-order chi connectivity index (χ1) is 11.5. The molecule has 1 aliphatic heterocycles. The van der Waals surface area contributed by atoms with Crippen molar-refractivity contribution in [3.63, 3.8) is 0 Å². The van der Waals surface area contributed by atoms with Gasteiger partial charge in [-0.3, -0.25) is 9.69 Å². The van der Waals surface area contributed by atoms with Crippen LogP contribution in [-0.2, 0) is 4.79 Å². The van der Waals surface area contributed by atoms with E-state index >= 15 is 0 Å². The zero-order chi connectivity index (χ0) is 17.1. The van der Waals surface area contributed by atoms with Crippen molar-refractivity contribution in [2.75, 3.05) is 36.4 Å². The average Bonchev–Trinajstić information content (AvgIpc) is 3.12. The molecule has 1 aromatic heterocycles. The van der Waals surface area contributed by atoms with Crippen molar-refractivity contribution in [2.45, 2.75) is 19.9 Å². The number of amides is 1. The van der Waals surface area contributed by atoms with Gasteiger partial charge in [-0.15, -0.1) is 11.3 Å². The summed E-state index contributed by atoms with van der Waals surface area (Å²) in [7, 11) is 0. The highest BCUT2D eigenvalue weighted by atomic mass is 35.5. The SMILES string of the molecule is Cc1ccc(Cl)cc1NC(=O)[C@@H](C)N1CCN(c2nccs2)CC1. The molecule has 0 bridgehead atoms. The van der Waals surface area contributed by atoms with Gasteiger partial charge in [-0.25, -0.2) is 4.98 Å². The summed E-state index contributed by atoms with van der Waals surface area (Å²) in [5.74, 6) is 0.00284. The van der Waals surface area contributed by atoms with E-state index in [1.165, 1.54) is 0 Å². The second kappa shape index (κ2) is 7.51. The molecule has 7 heteroatoms. The Labute approximate surface area is 151 Å². The lowest BCUT2D eigenvalue weighted by molar-refractivity contribution is -0.120. The van der Waals surface area contributed by atoms with Gasteiger partial charge >= 0.3 is 0 Å². The van der Waals surface area contributed by atoms with Crippen LogP contribution in [0.3, 0.4) is 0 Å². The van der Waals surface area contributed by atoms with Crippen LogP contribution in [-0.4, -0.2) is 48.0 Å². The van der Waals surface area contributed by atoms with Crippen LogP contribution in [0.4, 0.5) is 10.8 Å². The first-order valence-electron chi connectivity index (χ1n) is 8.00. The molecule has 0 spiro atoms. The molecule has 0 aliphatic carbocycles. The van der Waals surface area contributed by atoms with E-state index in [-0.39, 0.29) is 11.9 Å². The largest absolute Gasteiger partial charge is 0.346 e. The first-order valence-corrected chi connectivity index (χ1v) is 9.26. The number of hydrogen-bond acceptors (Lipinski definition) is 5. The molecular formula is C17H21ClN4OS. The molecule has 0 unspecified atom stereocenters. The van der Waals surface area contributed by atoms with E-state index in [4.69, 9.17) is 11.6 Å². The van der Waals surface area contributed by atoms with Gasteiger partial charge in [-0.2, -0.15) is 0 Å². The molecule has 2 heterocycles. The third kappa shape index (κ3) is 3.88. The predicted octanol–water partition coefficient (Wildman–Crippen LogP) is 3.25. The second-order valence-electron chi connectivity index (χ2n) is 5.96. The van der Waals surface area contributed by atoms with E-state index < -0.39 is 0 Å². The molecule has 1 aromatic carbocycles. The maximum atomic E-state index is 12.6. The molecule has 3 rings (SSSR count). The molecular weight excluding hydrogens is 344 g/mol. The van der Waals surface area contributed by atoms with Gasteiger partial charge in [-0.05, 0) is 31.5 Å². The summed E-state index contributed by atoms with van der Waals surface area (Å²) < 4.78 is 0. The summed E-state index contributed by atoms with van der Waals surface area (Å²) in [4.78, 5) is 21.4. The minimum absolute atomic E-state index is 0.00284. The number of halogens is 1. The predicted molar refractivity (Wildman–Crippen MR) is 100 cm³/mol. The van der Waals surface area contributed by atoms with Crippen LogP contribution < -0.4 is 10.2 Å². The third-order valence-electron chi connectivity index (χ3n) is 4.39. The fourth-order valence-electron chi connectivity index (χ4n) is 2.80. The Kier molecular flexibility index (Phi) is 5.38. The molecule has 1 aliphatic rings. The molecule has 1 N–H and O–H groups in total. The highest BCUT2D eigenvalue weighted by Crippen LogP contribution is 2.22. The molecule has 5 nitrogen and oxygen atoms in total. The quantitative estimate of drug-likeness (QED) is 0.904. The Balaban J connectivity index is 1.57. The molecule has 24 heavy (non-hydrogen) atoms. The fraction of sp³-hybridized carbons (Fsp3) is 0.412. The first kappa shape index (κ1) is 17.2. The maximum absolute atomic E-state index is 12.6. The van der Waals surface area contributed by atoms with Crippen molar-refractivity contribution >= 4 is 39.7 Å². The minimum Gasteiger partial charge on any atom is -0.346 e. The standard InChI is InChI=1S/C17H21ClN4OS/c1-12-3-4-14(18)11-15(12)20-16(23)13(2)21-6-8-22(9-7-21)17-19-5-10-24-17/h3-5,10-11,13H,6-9H2,1-2H3,(H,20,23)/t13-/m1/s1. The minimum atomic E-state index is -0.179. The van der Waals surface area contributed by atoms with Crippen LogP contribution in [0.2, 0.25) is 5.02 Å². The number of aryl methyl sites for hydroxylation is 1. The summed E-state index contributed by atoms with van der Waals surface area (Å²) in [6.07, 6.45) is 1.83. The Morgan fingerprint density at radius 2 is 2.08 bits per heavy atom. The summed E-state index contributed by atoms with van der Waals surface area (Å²) in [6.45, 7) is 7.39. The van der Waals surface area contributed by atoms with E-state index in [2.05, 4.69) is 20.1 Å². The number of nitrogens with zero attached hydrogens (tertiary/aromatic N) is 3. The number of anilines is 2.